The zero-order valence-corrected chi connectivity index (χ0v) is 15.8. The Balaban J connectivity index is 1.57. The molecule has 0 spiro atoms. The number of aromatic amines is 1. The van der Waals surface area contributed by atoms with Crippen LogP contribution < -0.4 is 10.6 Å². The molecule has 1 saturated carbocycles. The number of amides is 1. The van der Waals surface area contributed by atoms with Gasteiger partial charge in [0.1, 0.15) is 11.6 Å². The molecule has 0 aliphatic heterocycles. The van der Waals surface area contributed by atoms with E-state index in [-0.39, 0.29) is 5.91 Å². The molecule has 140 valence electrons. The van der Waals surface area contributed by atoms with Gasteiger partial charge in [0.25, 0.3) is 0 Å². The Bertz CT molecular complexity index is 748. The standard InChI is InChI=1S/C19H28N6O/c1-4-19(26)22-15-7-5-14(6-8-15)10-16-11-17(21-13(3)20-16)23-18-9-12(2)24-25-18/h9,11,14-15H,4-8,10H2,1-3H3,(H,22,26)(H2,20,21,23,24,25). The van der Waals surface area contributed by atoms with Gasteiger partial charge in [0, 0.05) is 36.0 Å². The van der Waals surface area contributed by atoms with Gasteiger partial charge in [-0.1, -0.05) is 6.92 Å². The van der Waals surface area contributed by atoms with Crippen LogP contribution in [0.15, 0.2) is 12.1 Å². The first-order chi connectivity index (χ1) is 12.5. The number of nitrogens with zero attached hydrogens (tertiary/aromatic N) is 3. The number of nitrogens with one attached hydrogen (secondary N) is 3. The summed E-state index contributed by atoms with van der Waals surface area (Å²) in [5.41, 5.74) is 2.07. The molecule has 3 rings (SSSR count). The minimum absolute atomic E-state index is 0.157. The number of anilines is 2. The SMILES string of the molecule is CCC(=O)NC1CCC(Cc2cc(Nc3cc(C)[nH]n3)nc(C)n2)CC1. The number of hydrogen-bond donors (Lipinski definition) is 3. The van der Waals surface area contributed by atoms with Crippen molar-refractivity contribution < 1.29 is 4.79 Å². The molecule has 1 amide bonds. The van der Waals surface area contributed by atoms with E-state index in [1.807, 2.05) is 32.9 Å². The molecule has 1 aliphatic carbocycles. The molecule has 2 aromatic rings. The van der Waals surface area contributed by atoms with Crippen LogP contribution in [0.1, 0.15) is 56.2 Å². The van der Waals surface area contributed by atoms with Crippen LogP contribution in [-0.2, 0) is 11.2 Å². The maximum atomic E-state index is 11.5. The molecular weight excluding hydrogens is 328 g/mol. The number of hydrogen-bond acceptors (Lipinski definition) is 5. The van der Waals surface area contributed by atoms with E-state index in [1.54, 1.807) is 0 Å². The molecule has 2 heterocycles. The van der Waals surface area contributed by atoms with Crippen molar-refractivity contribution in [1.29, 1.82) is 0 Å². The Labute approximate surface area is 154 Å². The van der Waals surface area contributed by atoms with Gasteiger partial charge >= 0.3 is 0 Å². The minimum atomic E-state index is 0.157. The summed E-state index contributed by atoms with van der Waals surface area (Å²) in [4.78, 5) is 20.6. The summed E-state index contributed by atoms with van der Waals surface area (Å²) in [6, 6.07) is 4.30. The highest BCUT2D eigenvalue weighted by molar-refractivity contribution is 5.75. The molecule has 0 saturated heterocycles. The van der Waals surface area contributed by atoms with E-state index < -0.39 is 0 Å². The summed E-state index contributed by atoms with van der Waals surface area (Å²) in [5, 5.41) is 13.5. The number of aromatic nitrogens is 4. The fraction of sp³-hybridized carbons (Fsp3) is 0.579. The third-order valence-electron chi connectivity index (χ3n) is 4.88. The van der Waals surface area contributed by atoms with Gasteiger partial charge in [-0.3, -0.25) is 9.89 Å². The summed E-state index contributed by atoms with van der Waals surface area (Å²) in [5.74, 6) is 3.08. The monoisotopic (exact) mass is 356 g/mol. The highest BCUT2D eigenvalue weighted by Gasteiger charge is 2.23. The lowest BCUT2D eigenvalue weighted by Crippen LogP contribution is -2.37. The first kappa shape index (κ1) is 18.4. The molecule has 3 N–H and O–H groups in total. The molecule has 0 bridgehead atoms. The molecule has 1 fully saturated rings. The minimum Gasteiger partial charge on any atom is -0.353 e. The Morgan fingerprint density at radius 2 is 1.92 bits per heavy atom. The van der Waals surface area contributed by atoms with Crippen LogP contribution in [0.5, 0.6) is 0 Å². The first-order valence-electron chi connectivity index (χ1n) is 9.44. The highest BCUT2D eigenvalue weighted by Crippen LogP contribution is 2.27. The fourth-order valence-electron chi connectivity index (χ4n) is 3.55. The van der Waals surface area contributed by atoms with E-state index in [4.69, 9.17) is 0 Å². The Morgan fingerprint density at radius 1 is 1.15 bits per heavy atom. The van der Waals surface area contributed by atoms with Crippen LogP contribution in [0.4, 0.5) is 11.6 Å². The van der Waals surface area contributed by atoms with E-state index in [1.165, 1.54) is 0 Å². The van der Waals surface area contributed by atoms with Crippen molar-refractivity contribution in [3.8, 4) is 0 Å². The zero-order chi connectivity index (χ0) is 18.5. The van der Waals surface area contributed by atoms with Crippen LogP contribution in [0.25, 0.3) is 0 Å². The lowest BCUT2D eigenvalue weighted by Gasteiger charge is -2.29. The third-order valence-corrected chi connectivity index (χ3v) is 4.88. The maximum absolute atomic E-state index is 11.5. The highest BCUT2D eigenvalue weighted by atomic mass is 16.1. The first-order valence-corrected chi connectivity index (χ1v) is 9.44. The zero-order valence-electron chi connectivity index (χ0n) is 15.8. The number of rotatable bonds is 6. The van der Waals surface area contributed by atoms with Crippen molar-refractivity contribution in [3.63, 3.8) is 0 Å². The molecule has 7 nitrogen and oxygen atoms in total. The van der Waals surface area contributed by atoms with Gasteiger partial charge in [-0.2, -0.15) is 5.10 Å². The largest absolute Gasteiger partial charge is 0.353 e. The summed E-state index contributed by atoms with van der Waals surface area (Å²) >= 11 is 0. The van der Waals surface area contributed by atoms with Crippen LogP contribution in [0.3, 0.4) is 0 Å². The van der Waals surface area contributed by atoms with Gasteiger partial charge in [-0.25, -0.2) is 9.97 Å². The molecule has 0 aromatic carbocycles. The van der Waals surface area contributed by atoms with Crippen molar-refractivity contribution >= 4 is 17.5 Å². The Hall–Kier alpha value is -2.44. The topological polar surface area (TPSA) is 95.6 Å². The van der Waals surface area contributed by atoms with Crippen LogP contribution in [0.2, 0.25) is 0 Å². The molecule has 7 heteroatoms. The summed E-state index contributed by atoms with van der Waals surface area (Å²) in [6.07, 6.45) is 5.87. The van der Waals surface area contributed by atoms with Crippen molar-refractivity contribution in [2.45, 2.75) is 65.3 Å². The summed E-state index contributed by atoms with van der Waals surface area (Å²) in [6.45, 7) is 5.78. The predicted octanol–water partition coefficient (Wildman–Crippen LogP) is 3.19. The predicted molar refractivity (Wildman–Crippen MR) is 101 cm³/mol. The lowest BCUT2D eigenvalue weighted by atomic mass is 9.83. The molecule has 0 atom stereocenters. The second-order valence-electron chi connectivity index (χ2n) is 7.20. The molecule has 1 aliphatic rings. The maximum Gasteiger partial charge on any atom is 0.219 e. The van der Waals surface area contributed by atoms with Gasteiger partial charge < -0.3 is 10.6 Å². The fourth-order valence-corrected chi connectivity index (χ4v) is 3.55. The van der Waals surface area contributed by atoms with Crippen molar-refractivity contribution in [3.05, 3.63) is 29.3 Å². The average molecular weight is 356 g/mol. The van der Waals surface area contributed by atoms with E-state index in [2.05, 4.69) is 30.8 Å². The van der Waals surface area contributed by atoms with Crippen LogP contribution in [-0.4, -0.2) is 32.1 Å². The number of H-pyrrole nitrogens is 1. The van der Waals surface area contributed by atoms with Crippen molar-refractivity contribution in [2.75, 3.05) is 5.32 Å². The van der Waals surface area contributed by atoms with Gasteiger partial charge in [0.15, 0.2) is 5.82 Å². The van der Waals surface area contributed by atoms with Crippen molar-refractivity contribution in [1.82, 2.24) is 25.5 Å². The average Bonchev–Trinajstić information content (AvgIpc) is 3.01. The molecule has 0 radical (unpaired) electrons. The molecule has 0 unspecified atom stereocenters. The second-order valence-corrected chi connectivity index (χ2v) is 7.20. The third kappa shape index (κ3) is 5.03. The van der Waals surface area contributed by atoms with E-state index >= 15 is 0 Å². The second kappa shape index (κ2) is 8.29. The van der Waals surface area contributed by atoms with Gasteiger partial charge in [0.05, 0.1) is 0 Å². The summed E-state index contributed by atoms with van der Waals surface area (Å²) < 4.78 is 0. The number of carbonyl (C=O) groups is 1. The van der Waals surface area contributed by atoms with E-state index in [9.17, 15) is 4.79 Å². The van der Waals surface area contributed by atoms with Gasteiger partial charge in [-0.15, -0.1) is 0 Å². The number of carbonyl (C=O) groups excluding carboxylic acids is 1. The Kier molecular flexibility index (Phi) is 5.85. The van der Waals surface area contributed by atoms with Crippen LogP contribution in [0, 0.1) is 19.8 Å². The molecule has 26 heavy (non-hydrogen) atoms. The summed E-state index contributed by atoms with van der Waals surface area (Å²) in [7, 11) is 0. The van der Waals surface area contributed by atoms with E-state index in [0.29, 0.717) is 18.4 Å². The van der Waals surface area contributed by atoms with E-state index in [0.717, 1.165) is 61.0 Å². The quantitative estimate of drug-likeness (QED) is 0.739. The van der Waals surface area contributed by atoms with Crippen LogP contribution >= 0.6 is 0 Å². The normalized spacial score (nSPS) is 20.0. The lowest BCUT2D eigenvalue weighted by molar-refractivity contribution is -0.121. The molecular formula is C19H28N6O. The smallest absolute Gasteiger partial charge is 0.219 e. The molecule has 2 aromatic heterocycles. The number of aryl methyl sites for hydroxylation is 2. The Morgan fingerprint density at radius 3 is 2.58 bits per heavy atom. The van der Waals surface area contributed by atoms with Gasteiger partial charge in [0.2, 0.25) is 5.91 Å². The van der Waals surface area contributed by atoms with Crippen molar-refractivity contribution in [2.24, 2.45) is 5.92 Å². The van der Waals surface area contributed by atoms with Gasteiger partial charge in [-0.05, 0) is 51.9 Å².